The van der Waals surface area contributed by atoms with E-state index in [0.29, 0.717) is 11.8 Å². The van der Waals surface area contributed by atoms with Gasteiger partial charge in [0.25, 0.3) is 0 Å². The van der Waals surface area contributed by atoms with Gasteiger partial charge in [0.1, 0.15) is 0 Å². The van der Waals surface area contributed by atoms with Gasteiger partial charge in [-0.3, -0.25) is 0 Å². The quantitative estimate of drug-likeness (QED) is 0.608. The molecule has 1 unspecified atom stereocenters. The van der Waals surface area contributed by atoms with Gasteiger partial charge in [-0.2, -0.15) is 0 Å². The smallest absolute Gasteiger partial charge is 0.000686 e. The summed E-state index contributed by atoms with van der Waals surface area (Å²) in [6.45, 7) is 10.3. The van der Waals surface area contributed by atoms with Gasteiger partial charge in [0.05, 0.1) is 0 Å². The second-order valence-electron chi connectivity index (χ2n) is 3.74. The molecule has 0 aliphatic rings. The zero-order valence-electron chi connectivity index (χ0n) is 8.67. The Morgan fingerprint density at radius 3 is 2.38 bits per heavy atom. The van der Waals surface area contributed by atoms with Crippen molar-refractivity contribution in [1.29, 1.82) is 0 Å². The largest absolute Gasteiger partial charge is 0.102 e. The maximum absolute atomic E-state index is 3.79. The SMILES string of the molecule is C=CC(C)c1[c]c(C(C)C)ccc1. The molecule has 1 radical (unpaired) electrons. The minimum Gasteiger partial charge on any atom is -0.102 e. The lowest BCUT2D eigenvalue weighted by Crippen LogP contribution is -1.93. The van der Waals surface area contributed by atoms with Crippen LogP contribution in [0.1, 0.15) is 43.7 Å². The number of allylic oxidation sites excluding steroid dienone is 1. The molecule has 13 heavy (non-hydrogen) atoms. The highest BCUT2D eigenvalue weighted by Crippen LogP contribution is 2.20. The molecule has 1 aromatic carbocycles. The van der Waals surface area contributed by atoms with E-state index in [1.807, 2.05) is 6.08 Å². The molecular weight excluding hydrogens is 156 g/mol. The van der Waals surface area contributed by atoms with Crippen LogP contribution in [0.4, 0.5) is 0 Å². The summed E-state index contributed by atoms with van der Waals surface area (Å²) in [4.78, 5) is 0. The minimum atomic E-state index is 0.402. The summed E-state index contributed by atoms with van der Waals surface area (Å²) in [7, 11) is 0. The highest BCUT2D eigenvalue weighted by atomic mass is 14.1. The maximum atomic E-state index is 3.79. The van der Waals surface area contributed by atoms with Crippen molar-refractivity contribution in [1.82, 2.24) is 0 Å². The van der Waals surface area contributed by atoms with E-state index in [0.717, 1.165) is 0 Å². The molecule has 0 saturated carbocycles. The van der Waals surface area contributed by atoms with Crippen molar-refractivity contribution in [3.63, 3.8) is 0 Å². The van der Waals surface area contributed by atoms with E-state index in [1.165, 1.54) is 11.1 Å². The van der Waals surface area contributed by atoms with Gasteiger partial charge in [-0.05, 0) is 29.0 Å². The highest BCUT2D eigenvalue weighted by Gasteiger charge is 2.04. The summed E-state index contributed by atoms with van der Waals surface area (Å²) in [5.41, 5.74) is 2.52. The molecule has 1 atom stereocenters. The highest BCUT2D eigenvalue weighted by molar-refractivity contribution is 5.28. The Morgan fingerprint density at radius 1 is 1.23 bits per heavy atom. The first-order valence-electron chi connectivity index (χ1n) is 4.79. The number of hydrogen-bond donors (Lipinski definition) is 0. The van der Waals surface area contributed by atoms with Crippen LogP contribution in [0.25, 0.3) is 0 Å². The first kappa shape index (κ1) is 10.0. The molecule has 0 heteroatoms. The van der Waals surface area contributed by atoms with Gasteiger partial charge < -0.3 is 0 Å². The predicted molar refractivity (Wildman–Crippen MR) is 58.0 cm³/mol. The molecule has 0 nitrogen and oxygen atoms in total. The Kier molecular flexibility index (Phi) is 3.30. The van der Waals surface area contributed by atoms with Crippen molar-refractivity contribution in [2.24, 2.45) is 0 Å². The Balaban J connectivity index is 2.97. The molecule has 0 aliphatic carbocycles. The van der Waals surface area contributed by atoms with E-state index in [1.54, 1.807) is 0 Å². The van der Waals surface area contributed by atoms with Crippen LogP contribution in [-0.4, -0.2) is 0 Å². The van der Waals surface area contributed by atoms with Gasteiger partial charge >= 0.3 is 0 Å². The first-order chi connectivity index (χ1) is 6.15. The molecule has 0 saturated heterocycles. The molecule has 69 valence electrons. The fourth-order valence-corrected chi connectivity index (χ4v) is 1.23. The summed E-state index contributed by atoms with van der Waals surface area (Å²) in [6, 6.07) is 9.76. The van der Waals surface area contributed by atoms with E-state index in [9.17, 15) is 0 Å². The molecule has 0 aromatic heterocycles. The van der Waals surface area contributed by atoms with Crippen molar-refractivity contribution < 1.29 is 0 Å². The Hall–Kier alpha value is -1.04. The number of benzene rings is 1. The van der Waals surface area contributed by atoms with Crippen LogP contribution in [-0.2, 0) is 0 Å². The zero-order chi connectivity index (χ0) is 9.84. The van der Waals surface area contributed by atoms with Crippen molar-refractivity contribution >= 4 is 0 Å². The minimum absolute atomic E-state index is 0.402. The molecule has 0 N–H and O–H groups in total. The van der Waals surface area contributed by atoms with E-state index >= 15 is 0 Å². The van der Waals surface area contributed by atoms with Crippen LogP contribution in [0.5, 0.6) is 0 Å². The van der Waals surface area contributed by atoms with Crippen LogP contribution in [0.15, 0.2) is 30.9 Å². The summed E-state index contributed by atoms with van der Waals surface area (Å²) in [5, 5.41) is 0. The molecule has 1 rings (SSSR count). The summed E-state index contributed by atoms with van der Waals surface area (Å²) >= 11 is 0. The average molecular weight is 173 g/mol. The molecule has 0 fully saturated rings. The molecule has 0 amide bonds. The molecule has 0 bridgehead atoms. The van der Waals surface area contributed by atoms with Gasteiger partial charge in [0, 0.05) is 0 Å². The Labute approximate surface area is 81.3 Å². The summed E-state index contributed by atoms with van der Waals surface area (Å²) in [6.07, 6.45) is 1.95. The van der Waals surface area contributed by atoms with Gasteiger partial charge in [-0.15, -0.1) is 6.58 Å². The summed E-state index contributed by atoms with van der Waals surface area (Å²) < 4.78 is 0. The fourth-order valence-electron chi connectivity index (χ4n) is 1.23. The zero-order valence-corrected chi connectivity index (χ0v) is 8.67. The summed E-state index contributed by atoms with van der Waals surface area (Å²) in [5.74, 6) is 0.954. The normalized spacial score (nSPS) is 12.9. The molecular formula is C13H17. The van der Waals surface area contributed by atoms with Crippen LogP contribution in [0, 0.1) is 6.07 Å². The van der Waals surface area contributed by atoms with Crippen LogP contribution >= 0.6 is 0 Å². The maximum Gasteiger partial charge on any atom is -0.000686 e. The van der Waals surface area contributed by atoms with Gasteiger partial charge in [0.2, 0.25) is 0 Å². The lowest BCUT2D eigenvalue weighted by molar-refractivity contribution is 0.853. The first-order valence-corrected chi connectivity index (χ1v) is 4.79. The van der Waals surface area contributed by atoms with Crippen LogP contribution in [0.2, 0.25) is 0 Å². The Bertz CT molecular complexity index is 284. The van der Waals surface area contributed by atoms with Crippen molar-refractivity contribution in [3.8, 4) is 0 Å². The third-order valence-corrected chi connectivity index (χ3v) is 2.31. The fraction of sp³-hybridized carbons (Fsp3) is 0.385. The van der Waals surface area contributed by atoms with E-state index in [2.05, 4.69) is 51.6 Å². The standard InChI is InChI=1S/C13H17/c1-5-11(4)13-8-6-7-12(9-13)10(2)3/h5-8,10-11H,1H2,2-4H3. The van der Waals surface area contributed by atoms with Gasteiger partial charge in [0.15, 0.2) is 0 Å². The van der Waals surface area contributed by atoms with Crippen LogP contribution in [0.3, 0.4) is 0 Å². The monoisotopic (exact) mass is 173 g/mol. The van der Waals surface area contributed by atoms with Crippen LogP contribution < -0.4 is 0 Å². The lowest BCUT2D eigenvalue weighted by atomic mass is 9.95. The van der Waals surface area contributed by atoms with E-state index in [-0.39, 0.29) is 0 Å². The van der Waals surface area contributed by atoms with Gasteiger partial charge in [-0.25, -0.2) is 0 Å². The average Bonchev–Trinajstić information content (AvgIpc) is 2.17. The van der Waals surface area contributed by atoms with Crippen molar-refractivity contribution in [2.75, 3.05) is 0 Å². The number of hydrogen-bond acceptors (Lipinski definition) is 0. The number of rotatable bonds is 3. The second-order valence-corrected chi connectivity index (χ2v) is 3.74. The predicted octanol–water partition coefficient (Wildman–Crippen LogP) is 3.90. The molecule has 0 spiro atoms. The van der Waals surface area contributed by atoms with E-state index < -0.39 is 0 Å². The third kappa shape index (κ3) is 2.45. The van der Waals surface area contributed by atoms with Gasteiger partial charge in [-0.1, -0.05) is 45.0 Å². The second kappa shape index (κ2) is 4.27. The Morgan fingerprint density at radius 2 is 1.85 bits per heavy atom. The topological polar surface area (TPSA) is 0 Å². The molecule has 0 aliphatic heterocycles. The molecule has 1 aromatic rings. The lowest BCUT2D eigenvalue weighted by Gasteiger charge is -2.09. The van der Waals surface area contributed by atoms with Crippen molar-refractivity contribution in [2.45, 2.75) is 32.6 Å². The third-order valence-electron chi connectivity index (χ3n) is 2.31. The molecule has 0 heterocycles. The van der Waals surface area contributed by atoms with Crippen molar-refractivity contribution in [3.05, 3.63) is 48.0 Å². The van der Waals surface area contributed by atoms with E-state index in [4.69, 9.17) is 0 Å².